The molecule has 0 amide bonds. The number of pyridine rings is 1. The number of hydrogen-bond donors (Lipinski definition) is 1. The maximum atomic E-state index is 13.3. The highest BCUT2D eigenvalue weighted by Gasteiger charge is 2.34. The van der Waals surface area contributed by atoms with Crippen LogP contribution in [0.4, 0.5) is 24.7 Å². The molecule has 0 saturated heterocycles. The molecule has 0 fully saturated rings. The standard InChI is InChI=1S/C19H14F3N5O2/c1-28-14-6-12(9-23)13(7-15(14)29-2)25-17-8-16(19(20,21)22)26-18(27-17)11-4-3-5-24-10-11/h3-8,10H,1-2H3,(H,25,26,27). The molecule has 10 heteroatoms. The van der Waals surface area contributed by atoms with Crippen LogP contribution < -0.4 is 14.8 Å². The van der Waals surface area contributed by atoms with Gasteiger partial charge in [-0.2, -0.15) is 18.4 Å². The molecule has 1 N–H and O–H groups in total. The van der Waals surface area contributed by atoms with Crippen LogP contribution in [0.5, 0.6) is 11.5 Å². The molecule has 2 aromatic heterocycles. The molecular formula is C19H14F3N5O2. The van der Waals surface area contributed by atoms with Crippen molar-refractivity contribution in [2.75, 3.05) is 19.5 Å². The van der Waals surface area contributed by atoms with E-state index in [0.29, 0.717) is 17.1 Å². The Morgan fingerprint density at radius 3 is 2.38 bits per heavy atom. The molecule has 29 heavy (non-hydrogen) atoms. The summed E-state index contributed by atoms with van der Waals surface area (Å²) in [5.74, 6) is 0.306. The third-order valence-corrected chi connectivity index (χ3v) is 3.84. The van der Waals surface area contributed by atoms with Gasteiger partial charge in [0.1, 0.15) is 11.9 Å². The quantitative estimate of drug-likeness (QED) is 0.685. The van der Waals surface area contributed by atoms with Gasteiger partial charge in [0.15, 0.2) is 23.0 Å². The minimum Gasteiger partial charge on any atom is -0.493 e. The number of halogens is 3. The normalized spacial score (nSPS) is 10.9. The molecule has 1 aromatic carbocycles. The summed E-state index contributed by atoms with van der Waals surface area (Å²) in [7, 11) is 2.81. The third-order valence-electron chi connectivity index (χ3n) is 3.84. The topological polar surface area (TPSA) is 93.0 Å². The SMILES string of the molecule is COc1cc(C#N)c(Nc2cc(C(F)(F)F)nc(-c3cccnc3)n2)cc1OC. The first-order chi connectivity index (χ1) is 13.9. The Kier molecular flexibility index (Phi) is 5.50. The van der Waals surface area contributed by atoms with E-state index in [0.717, 1.165) is 6.07 Å². The van der Waals surface area contributed by atoms with E-state index in [1.165, 1.54) is 38.7 Å². The third kappa shape index (κ3) is 4.35. The smallest absolute Gasteiger partial charge is 0.433 e. The van der Waals surface area contributed by atoms with Gasteiger partial charge < -0.3 is 14.8 Å². The average Bonchev–Trinajstić information content (AvgIpc) is 2.73. The van der Waals surface area contributed by atoms with Gasteiger partial charge in [0, 0.05) is 36.2 Å². The lowest BCUT2D eigenvalue weighted by atomic mass is 10.1. The van der Waals surface area contributed by atoms with Crippen LogP contribution in [0.1, 0.15) is 11.3 Å². The zero-order chi connectivity index (χ0) is 21.0. The summed E-state index contributed by atoms with van der Waals surface area (Å²) in [5.41, 5.74) is -0.478. The summed E-state index contributed by atoms with van der Waals surface area (Å²) >= 11 is 0. The zero-order valence-corrected chi connectivity index (χ0v) is 15.3. The van der Waals surface area contributed by atoms with Gasteiger partial charge >= 0.3 is 6.18 Å². The number of nitriles is 1. The van der Waals surface area contributed by atoms with Crippen molar-refractivity contribution < 1.29 is 22.6 Å². The first-order valence-corrected chi connectivity index (χ1v) is 8.15. The monoisotopic (exact) mass is 401 g/mol. The molecule has 0 aliphatic carbocycles. The first kappa shape index (κ1) is 19.9. The van der Waals surface area contributed by atoms with Gasteiger partial charge in [0.05, 0.1) is 25.5 Å². The molecule has 0 bridgehead atoms. The Labute approximate surface area is 163 Å². The second kappa shape index (κ2) is 8.02. The van der Waals surface area contributed by atoms with Crippen molar-refractivity contribution in [1.29, 1.82) is 5.26 Å². The number of hydrogen-bond acceptors (Lipinski definition) is 7. The van der Waals surface area contributed by atoms with Crippen LogP contribution in [0, 0.1) is 11.3 Å². The number of rotatable bonds is 5. The number of aromatic nitrogens is 3. The Balaban J connectivity index is 2.11. The number of anilines is 2. The van der Waals surface area contributed by atoms with Gasteiger partial charge in [0.25, 0.3) is 0 Å². The van der Waals surface area contributed by atoms with Gasteiger partial charge in [-0.05, 0) is 12.1 Å². The number of ether oxygens (including phenoxy) is 2. The molecule has 0 spiro atoms. The maximum Gasteiger partial charge on any atom is 0.433 e. The van der Waals surface area contributed by atoms with Gasteiger partial charge in [-0.25, -0.2) is 9.97 Å². The largest absolute Gasteiger partial charge is 0.493 e. The van der Waals surface area contributed by atoms with E-state index in [2.05, 4.69) is 20.3 Å². The van der Waals surface area contributed by atoms with Crippen LogP contribution in [0.2, 0.25) is 0 Å². The predicted octanol–water partition coefficient (Wildman–Crippen LogP) is 4.19. The highest BCUT2D eigenvalue weighted by molar-refractivity contribution is 5.70. The van der Waals surface area contributed by atoms with Crippen LogP contribution in [0.3, 0.4) is 0 Å². The Hall–Kier alpha value is -3.87. The van der Waals surface area contributed by atoms with Crippen molar-refractivity contribution in [3.8, 4) is 29.0 Å². The summed E-state index contributed by atoms with van der Waals surface area (Å²) in [6, 6.07) is 8.68. The molecule has 3 rings (SSSR count). The molecule has 0 unspecified atom stereocenters. The van der Waals surface area contributed by atoms with Crippen molar-refractivity contribution in [3.63, 3.8) is 0 Å². The predicted molar refractivity (Wildman–Crippen MR) is 97.8 cm³/mol. The number of methoxy groups -OCH3 is 2. The van der Waals surface area contributed by atoms with Crippen molar-refractivity contribution in [1.82, 2.24) is 15.0 Å². The van der Waals surface area contributed by atoms with Crippen LogP contribution in [-0.2, 0) is 6.18 Å². The van der Waals surface area contributed by atoms with E-state index in [-0.39, 0.29) is 22.9 Å². The first-order valence-electron chi connectivity index (χ1n) is 8.15. The molecule has 0 radical (unpaired) electrons. The summed E-state index contributed by atoms with van der Waals surface area (Å²) in [6.45, 7) is 0. The van der Waals surface area contributed by atoms with E-state index < -0.39 is 11.9 Å². The fourth-order valence-corrected chi connectivity index (χ4v) is 2.49. The Morgan fingerprint density at radius 2 is 1.79 bits per heavy atom. The Bertz CT molecular complexity index is 1070. The molecule has 3 aromatic rings. The van der Waals surface area contributed by atoms with E-state index in [1.54, 1.807) is 12.1 Å². The van der Waals surface area contributed by atoms with Gasteiger partial charge in [-0.3, -0.25) is 4.98 Å². The lowest BCUT2D eigenvalue weighted by Gasteiger charge is -2.15. The summed E-state index contributed by atoms with van der Waals surface area (Å²) in [4.78, 5) is 11.6. The highest BCUT2D eigenvalue weighted by Crippen LogP contribution is 2.36. The Morgan fingerprint density at radius 1 is 1.07 bits per heavy atom. The van der Waals surface area contributed by atoms with E-state index in [4.69, 9.17) is 9.47 Å². The molecule has 2 heterocycles. The average molecular weight is 401 g/mol. The van der Waals surface area contributed by atoms with Gasteiger partial charge in [-0.15, -0.1) is 0 Å². The summed E-state index contributed by atoms with van der Waals surface area (Å²) in [5, 5.41) is 12.1. The number of alkyl halides is 3. The lowest BCUT2D eigenvalue weighted by Crippen LogP contribution is -2.11. The number of benzene rings is 1. The summed E-state index contributed by atoms with van der Waals surface area (Å²) in [6.07, 6.45) is -1.85. The second-order valence-electron chi connectivity index (χ2n) is 5.69. The lowest BCUT2D eigenvalue weighted by molar-refractivity contribution is -0.141. The van der Waals surface area contributed by atoms with E-state index in [9.17, 15) is 18.4 Å². The van der Waals surface area contributed by atoms with Crippen molar-refractivity contribution in [3.05, 3.63) is 54.0 Å². The van der Waals surface area contributed by atoms with Crippen molar-refractivity contribution >= 4 is 11.5 Å². The molecule has 0 aliphatic heterocycles. The molecule has 0 aliphatic rings. The zero-order valence-electron chi connectivity index (χ0n) is 15.3. The number of nitrogens with zero attached hydrogens (tertiary/aromatic N) is 4. The minimum atomic E-state index is -4.69. The van der Waals surface area contributed by atoms with Crippen LogP contribution in [0.25, 0.3) is 11.4 Å². The molecule has 0 saturated carbocycles. The van der Waals surface area contributed by atoms with E-state index >= 15 is 0 Å². The molecule has 148 valence electrons. The molecule has 0 atom stereocenters. The fraction of sp³-hybridized carbons (Fsp3) is 0.158. The van der Waals surface area contributed by atoms with Crippen LogP contribution in [-0.4, -0.2) is 29.2 Å². The van der Waals surface area contributed by atoms with E-state index in [1.807, 2.05) is 6.07 Å². The maximum absolute atomic E-state index is 13.3. The van der Waals surface area contributed by atoms with Gasteiger partial charge in [0.2, 0.25) is 0 Å². The molecule has 7 nitrogen and oxygen atoms in total. The van der Waals surface area contributed by atoms with Crippen molar-refractivity contribution in [2.45, 2.75) is 6.18 Å². The minimum absolute atomic E-state index is 0.137. The number of nitrogens with one attached hydrogen (secondary N) is 1. The highest BCUT2D eigenvalue weighted by atomic mass is 19.4. The second-order valence-corrected chi connectivity index (χ2v) is 5.69. The van der Waals surface area contributed by atoms with Gasteiger partial charge in [-0.1, -0.05) is 0 Å². The summed E-state index contributed by atoms with van der Waals surface area (Å²) < 4.78 is 50.4. The van der Waals surface area contributed by atoms with Crippen LogP contribution >= 0.6 is 0 Å². The van der Waals surface area contributed by atoms with Crippen LogP contribution in [0.15, 0.2) is 42.7 Å². The molecular weight excluding hydrogens is 387 g/mol. The van der Waals surface area contributed by atoms with Crippen molar-refractivity contribution in [2.24, 2.45) is 0 Å². The fourth-order valence-electron chi connectivity index (χ4n) is 2.49.